The van der Waals surface area contributed by atoms with Gasteiger partial charge in [0.2, 0.25) is 11.7 Å². The summed E-state index contributed by atoms with van der Waals surface area (Å²) in [6, 6.07) is 10.8. The second-order valence-corrected chi connectivity index (χ2v) is 9.66. The molecule has 5 rings (SSSR count). The van der Waals surface area contributed by atoms with E-state index in [4.69, 9.17) is 4.52 Å². The zero-order chi connectivity index (χ0) is 22.8. The molecule has 0 amide bonds. The van der Waals surface area contributed by atoms with E-state index in [-0.39, 0.29) is 0 Å². The first-order chi connectivity index (χ1) is 16.0. The topological polar surface area (TPSA) is 61.5 Å². The molecular formula is C26H34N6O. The predicted molar refractivity (Wildman–Crippen MR) is 132 cm³/mol. The molecule has 4 heterocycles. The predicted octanol–water partition coefficient (Wildman–Crippen LogP) is 4.31. The second kappa shape index (κ2) is 9.51. The molecule has 7 nitrogen and oxygen atoms in total. The molecule has 0 bridgehead atoms. The van der Waals surface area contributed by atoms with Gasteiger partial charge in [-0.25, -0.2) is 4.98 Å². The van der Waals surface area contributed by atoms with Crippen LogP contribution in [-0.4, -0.2) is 59.3 Å². The first kappa shape index (κ1) is 21.9. The number of aryl methyl sites for hydroxylation is 2. The molecule has 7 heteroatoms. The van der Waals surface area contributed by atoms with Crippen molar-refractivity contribution < 1.29 is 4.52 Å². The van der Waals surface area contributed by atoms with E-state index < -0.39 is 0 Å². The molecule has 0 N–H and O–H groups in total. The summed E-state index contributed by atoms with van der Waals surface area (Å²) in [6.45, 7) is 13.5. The Morgan fingerprint density at radius 3 is 2.61 bits per heavy atom. The minimum absolute atomic E-state index is 0.616. The van der Waals surface area contributed by atoms with Crippen LogP contribution in [-0.2, 0) is 6.54 Å². The van der Waals surface area contributed by atoms with Crippen LogP contribution in [0.3, 0.4) is 0 Å². The SMILES string of the molecule is Cc1ccc(C)c(N2CCN(Cc3nc(-c4ccc(N5CCC[C@@H](C)C5)nc4)no3)CC2)c1. The highest BCUT2D eigenvalue weighted by Gasteiger charge is 2.21. The lowest BCUT2D eigenvalue weighted by Gasteiger charge is -2.36. The van der Waals surface area contributed by atoms with Crippen LogP contribution in [0.25, 0.3) is 11.4 Å². The molecule has 1 aromatic carbocycles. The van der Waals surface area contributed by atoms with Gasteiger partial charge in [-0.15, -0.1) is 0 Å². The van der Waals surface area contributed by atoms with E-state index in [2.05, 4.69) is 80.9 Å². The number of aromatic nitrogens is 3. The number of piperazine rings is 1. The van der Waals surface area contributed by atoms with Crippen molar-refractivity contribution in [3.05, 3.63) is 53.5 Å². The Morgan fingerprint density at radius 2 is 1.85 bits per heavy atom. The van der Waals surface area contributed by atoms with Gasteiger partial charge in [0.15, 0.2) is 0 Å². The van der Waals surface area contributed by atoms with Crippen LogP contribution >= 0.6 is 0 Å². The number of anilines is 2. The lowest BCUT2D eigenvalue weighted by atomic mass is 10.0. The molecule has 3 aromatic rings. The number of hydrogen-bond donors (Lipinski definition) is 0. The van der Waals surface area contributed by atoms with Crippen molar-refractivity contribution in [2.24, 2.45) is 5.92 Å². The quantitative estimate of drug-likeness (QED) is 0.579. The highest BCUT2D eigenvalue weighted by molar-refractivity contribution is 5.56. The van der Waals surface area contributed by atoms with Gasteiger partial charge in [0.1, 0.15) is 5.82 Å². The van der Waals surface area contributed by atoms with Gasteiger partial charge >= 0.3 is 0 Å². The monoisotopic (exact) mass is 446 g/mol. The van der Waals surface area contributed by atoms with Gasteiger partial charge in [-0.1, -0.05) is 24.2 Å². The smallest absolute Gasteiger partial charge is 0.241 e. The van der Waals surface area contributed by atoms with Gasteiger partial charge in [0, 0.05) is 56.7 Å². The molecule has 33 heavy (non-hydrogen) atoms. The lowest BCUT2D eigenvalue weighted by molar-refractivity contribution is 0.215. The number of hydrogen-bond acceptors (Lipinski definition) is 7. The van der Waals surface area contributed by atoms with Gasteiger partial charge < -0.3 is 14.3 Å². The van der Waals surface area contributed by atoms with E-state index in [0.29, 0.717) is 18.3 Å². The van der Waals surface area contributed by atoms with Gasteiger partial charge in [-0.2, -0.15) is 4.98 Å². The Balaban J connectivity index is 1.17. The maximum Gasteiger partial charge on any atom is 0.241 e. The highest BCUT2D eigenvalue weighted by atomic mass is 16.5. The van der Waals surface area contributed by atoms with E-state index >= 15 is 0 Å². The van der Waals surface area contributed by atoms with Gasteiger partial charge in [0.25, 0.3) is 0 Å². The van der Waals surface area contributed by atoms with Crippen LogP contribution in [0.2, 0.25) is 0 Å². The van der Waals surface area contributed by atoms with Gasteiger partial charge in [-0.05, 0) is 61.9 Å². The van der Waals surface area contributed by atoms with E-state index in [1.54, 1.807) is 0 Å². The summed E-state index contributed by atoms with van der Waals surface area (Å²) in [5, 5.41) is 4.21. The molecule has 0 spiro atoms. The number of rotatable bonds is 5. The van der Waals surface area contributed by atoms with E-state index in [1.165, 1.54) is 29.7 Å². The Morgan fingerprint density at radius 1 is 1.00 bits per heavy atom. The third-order valence-corrected chi connectivity index (χ3v) is 6.89. The molecule has 2 fully saturated rings. The number of piperidine rings is 1. The fourth-order valence-corrected chi connectivity index (χ4v) is 4.94. The Hall–Kier alpha value is -2.93. The summed E-state index contributed by atoms with van der Waals surface area (Å²) >= 11 is 0. The minimum Gasteiger partial charge on any atom is -0.369 e. The Labute approximate surface area is 196 Å². The number of benzene rings is 1. The van der Waals surface area contributed by atoms with Crippen molar-refractivity contribution in [2.45, 2.75) is 40.2 Å². The highest BCUT2D eigenvalue weighted by Crippen LogP contribution is 2.25. The maximum atomic E-state index is 5.57. The van der Waals surface area contributed by atoms with E-state index in [9.17, 15) is 0 Å². The average Bonchev–Trinajstić information content (AvgIpc) is 3.30. The summed E-state index contributed by atoms with van der Waals surface area (Å²) < 4.78 is 5.57. The molecule has 2 aliphatic rings. The van der Waals surface area contributed by atoms with Crippen molar-refractivity contribution in [3.63, 3.8) is 0 Å². The fourth-order valence-electron chi connectivity index (χ4n) is 4.94. The van der Waals surface area contributed by atoms with Crippen LogP contribution < -0.4 is 9.80 Å². The molecule has 0 aliphatic carbocycles. The fraction of sp³-hybridized carbons (Fsp3) is 0.500. The average molecular weight is 447 g/mol. The van der Waals surface area contributed by atoms with E-state index in [0.717, 1.165) is 56.6 Å². The van der Waals surface area contributed by atoms with Gasteiger partial charge in [-0.3, -0.25) is 4.90 Å². The molecule has 1 atom stereocenters. The number of nitrogens with zero attached hydrogens (tertiary/aromatic N) is 6. The second-order valence-electron chi connectivity index (χ2n) is 9.66. The third-order valence-electron chi connectivity index (χ3n) is 6.89. The van der Waals surface area contributed by atoms with Crippen molar-refractivity contribution in [3.8, 4) is 11.4 Å². The Kier molecular flexibility index (Phi) is 6.31. The van der Waals surface area contributed by atoms with Crippen LogP contribution in [0, 0.1) is 19.8 Å². The molecule has 2 saturated heterocycles. The molecule has 2 aliphatic heterocycles. The van der Waals surface area contributed by atoms with Crippen molar-refractivity contribution in [1.29, 1.82) is 0 Å². The van der Waals surface area contributed by atoms with Crippen LogP contribution in [0.4, 0.5) is 11.5 Å². The van der Waals surface area contributed by atoms with Crippen LogP contribution in [0.5, 0.6) is 0 Å². The summed E-state index contributed by atoms with van der Waals surface area (Å²) in [5.41, 5.74) is 4.90. The summed E-state index contributed by atoms with van der Waals surface area (Å²) in [7, 11) is 0. The molecule has 2 aromatic heterocycles. The standard InChI is InChI=1S/C26H34N6O/c1-19-6-7-21(3)23(15-19)31-13-11-30(12-14-31)18-25-28-26(29-33-25)22-8-9-24(27-16-22)32-10-4-5-20(2)17-32/h6-9,15-16,20H,4-5,10-14,17-18H2,1-3H3/t20-/m1/s1. The normalized spacial score (nSPS) is 19.8. The molecule has 174 valence electrons. The zero-order valence-corrected chi connectivity index (χ0v) is 20.0. The molecule has 0 radical (unpaired) electrons. The number of pyridine rings is 1. The molecular weight excluding hydrogens is 412 g/mol. The maximum absolute atomic E-state index is 5.57. The summed E-state index contributed by atoms with van der Waals surface area (Å²) in [6.07, 6.45) is 4.41. The van der Waals surface area contributed by atoms with Crippen LogP contribution in [0.15, 0.2) is 41.1 Å². The van der Waals surface area contributed by atoms with Crippen molar-refractivity contribution in [1.82, 2.24) is 20.0 Å². The summed E-state index contributed by atoms with van der Waals surface area (Å²) in [5.74, 6) is 3.04. The summed E-state index contributed by atoms with van der Waals surface area (Å²) in [4.78, 5) is 16.6. The Bertz CT molecular complexity index is 1070. The van der Waals surface area contributed by atoms with Gasteiger partial charge in [0.05, 0.1) is 6.54 Å². The van der Waals surface area contributed by atoms with Crippen molar-refractivity contribution >= 4 is 11.5 Å². The molecule has 0 unspecified atom stereocenters. The zero-order valence-electron chi connectivity index (χ0n) is 20.0. The first-order valence-electron chi connectivity index (χ1n) is 12.1. The van der Waals surface area contributed by atoms with Crippen LogP contribution in [0.1, 0.15) is 36.8 Å². The minimum atomic E-state index is 0.616. The lowest BCUT2D eigenvalue weighted by Crippen LogP contribution is -2.46. The third kappa shape index (κ3) is 5.03. The van der Waals surface area contributed by atoms with Crippen molar-refractivity contribution in [2.75, 3.05) is 49.1 Å². The molecule has 0 saturated carbocycles. The largest absolute Gasteiger partial charge is 0.369 e. The van der Waals surface area contributed by atoms with E-state index in [1.807, 2.05) is 6.20 Å². The first-order valence-corrected chi connectivity index (χ1v) is 12.1.